The second-order valence-electron chi connectivity index (χ2n) is 12.3. The molecule has 0 saturated carbocycles. The Bertz CT molecular complexity index is 1290. The highest BCUT2D eigenvalue weighted by Gasteiger charge is 2.49. The Morgan fingerprint density at radius 2 is 0.958 bits per heavy atom. The van der Waals surface area contributed by atoms with Crippen molar-refractivity contribution in [3.05, 3.63) is 47.5 Å². The Balaban J connectivity index is 1.14. The maximum absolute atomic E-state index is 10.4. The lowest BCUT2D eigenvalue weighted by atomic mass is 9.85. The molecule has 14 atom stereocenters. The van der Waals surface area contributed by atoms with Crippen molar-refractivity contribution in [3.8, 4) is 23.0 Å². The number of hydrogen-bond donors (Lipinski definition) is 8. The molecule has 8 N–H and O–H groups in total. The van der Waals surface area contributed by atoms with Crippen molar-refractivity contribution in [1.82, 2.24) is 0 Å². The minimum absolute atomic E-state index is 0.0204. The summed E-state index contributed by atoms with van der Waals surface area (Å²) in [5.74, 6) is 0.997. The highest BCUT2D eigenvalue weighted by Crippen LogP contribution is 2.52. The molecule has 4 heterocycles. The topological polar surface area (TPSA) is 236 Å². The van der Waals surface area contributed by atoms with Crippen LogP contribution in [0.3, 0.4) is 0 Å². The molecule has 266 valence electrons. The average molecular weight is 683 g/mol. The normalized spacial score (nSPS) is 39.5. The number of ether oxygens (including phenoxy) is 8. The summed E-state index contributed by atoms with van der Waals surface area (Å²) in [6.07, 6.45) is -15.0. The van der Waals surface area contributed by atoms with Gasteiger partial charge in [-0.2, -0.15) is 0 Å². The van der Waals surface area contributed by atoms with Crippen LogP contribution in [0, 0.1) is 11.8 Å². The van der Waals surface area contributed by atoms with Crippen LogP contribution < -0.4 is 18.9 Å². The van der Waals surface area contributed by atoms with Gasteiger partial charge in [0.25, 0.3) is 0 Å². The number of rotatable bonds is 10. The number of fused-ring (bicyclic) bond motifs is 1. The summed E-state index contributed by atoms with van der Waals surface area (Å²) in [5.41, 5.74) is 1.59. The summed E-state index contributed by atoms with van der Waals surface area (Å²) in [6, 6.07) is 10.3. The zero-order valence-electron chi connectivity index (χ0n) is 26.2. The third-order valence-electron chi connectivity index (χ3n) is 9.48. The quantitative estimate of drug-likeness (QED) is 0.137. The summed E-state index contributed by atoms with van der Waals surface area (Å²) < 4.78 is 46.1. The first-order valence-corrected chi connectivity index (χ1v) is 15.6. The molecule has 2 aromatic carbocycles. The summed E-state index contributed by atoms with van der Waals surface area (Å²) in [7, 11) is 2.90. The van der Waals surface area contributed by atoms with E-state index in [-0.39, 0.29) is 35.5 Å². The fourth-order valence-corrected chi connectivity index (χ4v) is 6.73. The molecule has 0 aliphatic carbocycles. The zero-order valence-corrected chi connectivity index (χ0v) is 26.2. The summed E-state index contributed by atoms with van der Waals surface area (Å²) in [6.45, 7) is -0.371. The lowest BCUT2D eigenvalue weighted by molar-refractivity contribution is -0.277. The minimum atomic E-state index is -1.59. The van der Waals surface area contributed by atoms with Gasteiger partial charge in [-0.05, 0) is 35.4 Å². The molecule has 0 unspecified atom stereocenters. The van der Waals surface area contributed by atoms with E-state index in [9.17, 15) is 40.9 Å². The summed E-state index contributed by atoms with van der Waals surface area (Å²) in [5, 5.41) is 80.1. The van der Waals surface area contributed by atoms with Crippen LogP contribution in [0.1, 0.15) is 23.3 Å². The molecule has 0 amide bonds. The van der Waals surface area contributed by atoms with Gasteiger partial charge in [-0.1, -0.05) is 12.1 Å². The monoisotopic (exact) mass is 682 g/mol. The van der Waals surface area contributed by atoms with E-state index in [1.165, 1.54) is 14.2 Å². The molecule has 4 saturated heterocycles. The van der Waals surface area contributed by atoms with Crippen molar-refractivity contribution < 1.29 is 78.7 Å². The largest absolute Gasteiger partial charge is 0.493 e. The molecule has 48 heavy (non-hydrogen) atoms. The predicted molar refractivity (Wildman–Crippen MR) is 159 cm³/mol. The van der Waals surface area contributed by atoms with Gasteiger partial charge in [0.1, 0.15) is 48.8 Å². The first kappa shape index (κ1) is 35.0. The lowest BCUT2D eigenvalue weighted by Gasteiger charge is -2.39. The van der Waals surface area contributed by atoms with Gasteiger partial charge in [0.15, 0.2) is 23.0 Å². The van der Waals surface area contributed by atoms with Gasteiger partial charge < -0.3 is 78.7 Å². The van der Waals surface area contributed by atoms with Crippen molar-refractivity contribution in [2.75, 3.05) is 40.6 Å². The number of aliphatic hydroxyl groups excluding tert-OH is 8. The van der Waals surface area contributed by atoms with E-state index in [0.29, 0.717) is 24.7 Å². The molecule has 4 aliphatic heterocycles. The SMILES string of the molecule is COc1cc([C@H]2OC[C@H]3[C@H]2CO[C@H]3c2ccc(O[C@H]3O[C@H](CO)[C@@H](O)[C@@H](O)[C@H]3O)c(OC)c2)ccc1O[C@H]1O[C@H](CO)[C@@H](O)[C@@H](O)[C@H]1O. The Morgan fingerprint density at radius 1 is 0.562 bits per heavy atom. The highest BCUT2D eigenvalue weighted by atomic mass is 16.7. The number of hydrogen-bond acceptors (Lipinski definition) is 16. The molecule has 0 aromatic heterocycles. The molecular formula is C32H42O16. The van der Waals surface area contributed by atoms with E-state index >= 15 is 0 Å². The van der Waals surface area contributed by atoms with Crippen LogP contribution in [0.4, 0.5) is 0 Å². The number of benzene rings is 2. The van der Waals surface area contributed by atoms with Gasteiger partial charge in [-0.3, -0.25) is 0 Å². The third-order valence-corrected chi connectivity index (χ3v) is 9.48. The van der Waals surface area contributed by atoms with E-state index in [1.54, 1.807) is 36.4 Å². The van der Waals surface area contributed by atoms with Gasteiger partial charge in [0.05, 0.1) is 52.9 Å². The molecular weight excluding hydrogens is 640 g/mol. The maximum Gasteiger partial charge on any atom is 0.229 e. The van der Waals surface area contributed by atoms with Crippen LogP contribution in [-0.2, 0) is 18.9 Å². The van der Waals surface area contributed by atoms with E-state index < -0.39 is 74.6 Å². The predicted octanol–water partition coefficient (Wildman–Crippen LogP) is -1.86. The summed E-state index contributed by atoms with van der Waals surface area (Å²) in [4.78, 5) is 0. The average Bonchev–Trinajstić information content (AvgIpc) is 3.72. The lowest BCUT2D eigenvalue weighted by Crippen LogP contribution is -2.60. The molecule has 4 aliphatic rings. The maximum atomic E-state index is 10.4. The molecule has 0 spiro atoms. The van der Waals surface area contributed by atoms with Crippen molar-refractivity contribution >= 4 is 0 Å². The molecule has 4 fully saturated rings. The molecule has 0 bridgehead atoms. The smallest absolute Gasteiger partial charge is 0.229 e. The van der Waals surface area contributed by atoms with Crippen molar-refractivity contribution in [3.63, 3.8) is 0 Å². The van der Waals surface area contributed by atoms with Crippen LogP contribution in [0.5, 0.6) is 23.0 Å². The van der Waals surface area contributed by atoms with Gasteiger partial charge in [-0.25, -0.2) is 0 Å². The Morgan fingerprint density at radius 3 is 1.31 bits per heavy atom. The standard InChI is InChI=1S/C32H42O16/c1-41-19-7-13(3-5-17(19)45-31-27(39)25(37)23(35)21(9-33)47-31)29-15-11-44-30(16(15)12-43-29)14-4-6-18(20(8-14)42-2)46-32-28(40)26(38)24(36)22(10-34)48-32/h3-8,15-16,21-40H,9-12H2,1-2H3/t15-,16+,21-,22-,23-,24-,25-,26-,27-,28-,29-,30+,31+,32+/m1/s1. The van der Waals surface area contributed by atoms with Crippen molar-refractivity contribution in [2.24, 2.45) is 11.8 Å². The molecule has 16 nitrogen and oxygen atoms in total. The van der Waals surface area contributed by atoms with E-state index in [1.807, 2.05) is 0 Å². The molecule has 0 radical (unpaired) electrons. The van der Waals surface area contributed by atoms with Gasteiger partial charge in [0, 0.05) is 11.8 Å². The van der Waals surface area contributed by atoms with Gasteiger partial charge >= 0.3 is 0 Å². The highest BCUT2D eigenvalue weighted by molar-refractivity contribution is 5.46. The minimum Gasteiger partial charge on any atom is -0.493 e. The van der Waals surface area contributed by atoms with Crippen LogP contribution >= 0.6 is 0 Å². The van der Waals surface area contributed by atoms with Crippen LogP contribution in [0.2, 0.25) is 0 Å². The molecule has 6 rings (SSSR count). The first-order valence-electron chi connectivity index (χ1n) is 15.6. The second-order valence-corrected chi connectivity index (χ2v) is 12.3. The van der Waals surface area contributed by atoms with Gasteiger partial charge in [0.2, 0.25) is 12.6 Å². The van der Waals surface area contributed by atoms with E-state index in [2.05, 4.69) is 0 Å². The zero-order chi connectivity index (χ0) is 34.3. The third kappa shape index (κ3) is 6.44. The van der Waals surface area contributed by atoms with Crippen LogP contribution in [-0.4, -0.2) is 143 Å². The fourth-order valence-electron chi connectivity index (χ4n) is 6.73. The van der Waals surface area contributed by atoms with E-state index in [4.69, 9.17) is 37.9 Å². The van der Waals surface area contributed by atoms with Crippen molar-refractivity contribution in [1.29, 1.82) is 0 Å². The van der Waals surface area contributed by atoms with Crippen molar-refractivity contribution in [2.45, 2.75) is 73.6 Å². The van der Waals surface area contributed by atoms with Crippen LogP contribution in [0.25, 0.3) is 0 Å². The van der Waals surface area contributed by atoms with Gasteiger partial charge in [-0.15, -0.1) is 0 Å². The number of aliphatic hydroxyl groups is 8. The Labute approximate surface area is 275 Å². The summed E-state index contributed by atoms with van der Waals surface area (Å²) >= 11 is 0. The Hall–Kier alpha value is -2.84. The Kier molecular flexibility index (Phi) is 10.6. The second kappa shape index (κ2) is 14.6. The first-order chi connectivity index (χ1) is 23.1. The van der Waals surface area contributed by atoms with Crippen LogP contribution in [0.15, 0.2) is 36.4 Å². The molecule has 2 aromatic rings. The van der Waals surface area contributed by atoms with E-state index in [0.717, 1.165) is 11.1 Å². The number of methoxy groups -OCH3 is 2. The fraction of sp³-hybridized carbons (Fsp3) is 0.625. The molecule has 16 heteroatoms.